The van der Waals surface area contributed by atoms with Crippen molar-refractivity contribution >= 4 is 17.2 Å². The Morgan fingerprint density at radius 1 is 1.26 bits per heavy atom. The van der Waals surface area contributed by atoms with Crippen molar-refractivity contribution in [1.82, 2.24) is 9.80 Å². The third-order valence-corrected chi connectivity index (χ3v) is 6.86. The van der Waals surface area contributed by atoms with E-state index in [1.54, 1.807) is 23.5 Å². The molecular weight excluding hydrogens is 455 g/mol. The lowest BCUT2D eigenvalue weighted by Crippen LogP contribution is -2.49. The predicted molar refractivity (Wildman–Crippen MR) is 133 cm³/mol. The first kappa shape index (κ1) is 26.6. The van der Waals surface area contributed by atoms with E-state index in [9.17, 15) is 14.3 Å². The summed E-state index contributed by atoms with van der Waals surface area (Å²) < 4.78 is 24.9. The molecular formula is C26H37FN2O4S. The standard InChI is InChI=1S/C26H37FN2O4S/c1-18(2)28(14-20(30)16-33-26(3,4)5)15-25(31)29-12-10-24-22(11-13-34-24)23(29)17-32-21-8-6-19(27)7-9-21/h6-9,11,13,18,20,23,30H,10,12,14-17H2,1-5H3. The molecule has 0 spiro atoms. The van der Waals surface area contributed by atoms with Gasteiger partial charge in [-0.25, -0.2) is 4.39 Å². The van der Waals surface area contributed by atoms with Crippen LogP contribution in [-0.4, -0.2) is 71.4 Å². The van der Waals surface area contributed by atoms with Gasteiger partial charge in [-0.1, -0.05) is 0 Å². The Labute approximate surface area is 206 Å². The molecule has 0 saturated heterocycles. The molecule has 3 rings (SSSR count). The number of ether oxygens (including phenoxy) is 2. The largest absolute Gasteiger partial charge is 0.491 e. The fourth-order valence-corrected chi connectivity index (χ4v) is 4.90. The quantitative estimate of drug-likeness (QED) is 0.537. The molecule has 0 radical (unpaired) electrons. The van der Waals surface area contributed by atoms with Gasteiger partial charge < -0.3 is 19.5 Å². The Hall–Kier alpha value is -2.00. The highest BCUT2D eigenvalue weighted by atomic mass is 32.1. The summed E-state index contributed by atoms with van der Waals surface area (Å²) in [4.78, 5) is 18.6. The molecule has 1 aromatic heterocycles. The van der Waals surface area contributed by atoms with Crippen molar-refractivity contribution in [2.24, 2.45) is 0 Å². The fraction of sp³-hybridized carbons (Fsp3) is 0.577. The summed E-state index contributed by atoms with van der Waals surface area (Å²) in [7, 11) is 0. The SMILES string of the molecule is CC(C)N(CC(=O)N1CCc2sccc2C1COc1ccc(F)cc1)CC(O)COC(C)(C)C. The van der Waals surface area contributed by atoms with Gasteiger partial charge in [-0.05, 0) is 82.3 Å². The van der Waals surface area contributed by atoms with Crippen LogP contribution in [-0.2, 0) is 16.0 Å². The first-order valence-corrected chi connectivity index (χ1v) is 12.7. The van der Waals surface area contributed by atoms with E-state index in [-0.39, 0.29) is 42.6 Å². The monoisotopic (exact) mass is 492 g/mol. The van der Waals surface area contributed by atoms with Crippen molar-refractivity contribution in [2.45, 2.75) is 64.8 Å². The molecule has 2 unspecified atom stereocenters. The second-order valence-electron chi connectivity index (χ2n) is 10.0. The minimum absolute atomic E-state index is 0.00203. The number of amides is 1. The van der Waals surface area contributed by atoms with Crippen LogP contribution in [0.3, 0.4) is 0 Å². The summed E-state index contributed by atoms with van der Waals surface area (Å²) >= 11 is 1.70. The number of rotatable bonds is 10. The van der Waals surface area contributed by atoms with Gasteiger partial charge in [0.25, 0.3) is 0 Å². The molecule has 1 aliphatic heterocycles. The minimum Gasteiger partial charge on any atom is -0.491 e. The Morgan fingerprint density at radius 3 is 2.62 bits per heavy atom. The van der Waals surface area contributed by atoms with E-state index in [1.807, 2.05) is 44.4 Å². The molecule has 1 amide bonds. The first-order valence-electron chi connectivity index (χ1n) is 11.8. The van der Waals surface area contributed by atoms with Crippen LogP contribution in [0.5, 0.6) is 5.75 Å². The van der Waals surface area contributed by atoms with Gasteiger partial charge in [0, 0.05) is 24.0 Å². The van der Waals surface area contributed by atoms with E-state index in [4.69, 9.17) is 9.47 Å². The fourth-order valence-electron chi connectivity index (χ4n) is 3.97. The van der Waals surface area contributed by atoms with Gasteiger partial charge in [0.15, 0.2) is 0 Å². The third kappa shape index (κ3) is 7.50. The van der Waals surface area contributed by atoms with Gasteiger partial charge >= 0.3 is 0 Å². The van der Waals surface area contributed by atoms with E-state index in [0.717, 1.165) is 12.0 Å². The van der Waals surface area contributed by atoms with E-state index in [0.29, 0.717) is 25.4 Å². The summed E-state index contributed by atoms with van der Waals surface area (Å²) in [5.41, 5.74) is 0.782. The van der Waals surface area contributed by atoms with Crippen LogP contribution in [0.15, 0.2) is 35.7 Å². The van der Waals surface area contributed by atoms with Crippen LogP contribution < -0.4 is 4.74 Å². The highest BCUT2D eigenvalue weighted by Crippen LogP contribution is 2.34. The van der Waals surface area contributed by atoms with Crippen molar-refractivity contribution in [2.75, 3.05) is 32.8 Å². The maximum atomic E-state index is 13.5. The van der Waals surface area contributed by atoms with Crippen molar-refractivity contribution in [1.29, 1.82) is 0 Å². The second-order valence-corrected chi connectivity index (χ2v) is 11.0. The Bertz CT molecular complexity index is 926. The number of nitrogens with zero attached hydrogens (tertiary/aromatic N) is 2. The topological polar surface area (TPSA) is 62.2 Å². The second kappa shape index (κ2) is 11.6. The molecule has 0 fully saturated rings. The molecule has 0 bridgehead atoms. The number of aliphatic hydroxyl groups is 1. The average molecular weight is 493 g/mol. The molecule has 6 nitrogen and oxygen atoms in total. The normalized spacial score (nSPS) is 17.2. The van der Waals surface area contributed by atoms with Gasteiger partial charge in [-0.15, -0.1) is 11.3 Å². The van der Waals surface area contributed by atoms with E-state index in [2.05, 4.69) is 11.4 Å². The summed E-state index contributed by atoms with van der Waals surface area (Å²) in [5.74, 6) is 0.259. The van der Waals surface area contributed by atoms with Crippen molar-refractivity contribution in [3.05, 3.63) is 52.0 Å². The number of benzene rings is 1. The third-order valence-electron chi connectivity index (χ3n) is 5.86. The zero-order valence-electron chi connectivity index (χ0n) is 20.8. The summed E-state index contributed by atoms with van der Waals surface area (Å²) in [6, 6.07) is 7.86. The number of halogens is 1. The Kier molecular flexibility index (Phi) is 9.09. The van der Waals surface area contributed by atoms with Crippen molar-refractivity contribution in [3.8, 4) is 5.75 Å². The molecule has 2 heterocycles. The summed E-state index contributed by atoms with van der Waals surface area (Å²) in [6.45, 7) is 11.6. The van der Waals surface area contributed by atoms with E-state index >= 15 is 0 Å². The van der Waals surface area contributed by atoms with Crippen LogP contribution in [0.2, 0.25) is 0 Å². The molecule has 2 aromatic rings. The number of carbonyl (C=O) groups excluding carboxylic acids is 1. The lowest BCUT2D eigenvalue weighted by molar-refractivity contribution is -0.137. The van der Waals surface area contributed by atoms with E-state index in [1.165, 1.54) is 17.0 Å². The molecule has 188 valence electrons. The van der Waals surface area contributed by atoms with Gasteiger partial charge in [-0.2, -0.15) is 0 Å². The van der Waals surface area contributed by atoms with Crippen LogP contribution in [0.1, 0.15) is 51.1 Å². The number of carbonyl (C=O) groups is 1. The number of hydrogen-bond acceptors (Lipinski definition) is 6. The van der Waals surface area contributed by atoms with Gasteiger partial charge in [0.05, 0.1) is 30.9 Å². The zero-order valence-corrected chi connectivity index (χ0v) is 21.6. The lowest BCUT2D eigenvalue weighted by atomic mass is 10.00. The van der Waals surface area contributed by atoms with Crippen molar-refractivity contribution < 1.29 is 23.8 Å². The molecule has 1 N–H and O–H groups in total. The molecule has 1 aromatic carbocycles. The first-order chi connectivity index (χ1) is 16.0. The van der Waals surface area contributed by atoms with E-state index < -0.39 is 6.10 Å². The lowest BCUT2D eigenvalue weighted by Gasteiger charge is -2.38. The molecule has 0 aliphatic carbocycles. The highest BCUT2D eigenvalue weighted by molar-refractivity contribution is 7.10. The predicted octanol–water partition coefficient (Wildman–Crippen LogP) is 4.28. The van der Waals surface area contributed by atoms with Gasteiger partial charge in [-0.3, -0.25) is 9.69 Å². The average Bonchev–Trinajstić information content (AvgIpc) is 3.25. The molecule has 1 aliphatic rings. The van der Waals surface area contributed by atoms with Crippen LogP contribution in [0.4, 0.5) is 4.39 Å². The summed E-state index contributed by atoms with van der Waals surface area (Å²) in [6.07, 6.45) is 0.132. The summed E-state index contributed by atoms with van der Waals surface area (Å²) in [5, 5.41) is 12.6. The van der Waals surface area contributed by atoms with Crippen LogP contribution >= 0.6 is 11.3 Å². The zero-order chi connectivity index (χ0) is 24.9. The molecule has 2 atom stereocenters. The highest BCUT2D eigenvalue weighted by Gasteiger charge is 2.33. The Morgan fingerprint density at radius 2 is 1.97 bits per heavy atom. The van der Waals surface area contributed by atoms with Crippen LogP contribution in [0.25, 0.3) is 0 Å². The smallest absolute Gasteiger partial charge is 0.237 e. The maximum absolute atomic E-state index is 13.5. The van der Waals surface area contributed by atoms with Gasteiger partial charge in [0.2, 0.25) is 5.91 Å². The number of thiophene rings is 1. The Balaban J connectivity index is 1.68. The molecule has 34 heavy (non-hydrogen) atoms. The maximum Gasteiger partial charge on any atom is 0.237 e. The van der Waals surface area contributed by atoms with Gasteiger partial charge in [0.1, 0.15) is 18.2 Å². The molecule has 0 saturated carbocycles. The number of fused-ring (bicyclic) bond motifs is 1. The number of hydrogen-bond donors (Lipinski definition) is 1. The van der Waals surface area contributed by atoms with Crippen molar-refractivity contribution in [3.63, 3.8) is 0 Å². The number of aliphatic hydroxyl groups excluding tert-OH is 1. The minimum atomic E-state index is -0.683. The van der Waals surface area contributed by atoms with Crippen LogP contribution in [0, 0.1) is 5.82 Å². The molecule has 8 heteroatoms.